The van der Waals surface area contributed by atoms with Gasteiger partial charge in [-0.3, -0.25) is 14.6 Å². The van der Waals surface area contributed by atoms with E-state index in [4.69, 9.17) is 14.2 Å². The van der Waals surface area contributed by atoms with Crippen molar-refractivity contribution in [3.8, 4) is 5.75 Å². The van der Waals surface area contributed by atoms with E-state index >= 15 is 0 Å². The monoisotopic (exact) mass is 307 g/mol. The van der Waals surface area contributed by atoms with Crippen LogP contribution in [0.4, 0.5) is 5.69 Å². The number of methoxy groups -OCH3 is 1. The molecule has 120 valence electrons. The van der Waals surface area contributed by atoms with Crippen LogP contribution in [0, 0.1) is 0 Å². The Balaban J connectivity index is 2.93. The van der Waals surface area contributed by atoms with Crippen molar-refractivity contribution < 1.29 is 23.8 Å². The molecule has 1 aromatic rings. The van der Waals surface area contributed by atoms with E-state index in [1.54, 1.807) is 45.2 Å². The van der Waals surface area contributed by atoms with Crippen molar-refractivity contribution in [2.24, 2.45) is 4.99 Å². The summed E-state index contributed by atoms with van der Waals surface area (Å²) in [5.74, 6) is -0.199. The Hall–Kier alpha value is -2.37. The van der Waals surface area contributed by atoms with Crippen LogP contribution in [0.2, 0.25) is 0 Å². The van der Waals surface area contributed by atoms with Crippen molar-refractivity contribution in [3.05, 3.63) is 24.3 Å². The molecule has 0 saturated heterocycles. The maximum atomic E-state index is 11.6. The summed E-state index contributed by atoms with van der Waals surface area (Å²) >= 11 is 0. The summed E-state index contributed by atoms with van der Waals surface area (Å²) in [6.45, 7) is 4.01. The molecule has 0 amide bonds. The highest BCUT2D eigenvalue weighted by atomic mass is 16.5. The summed E-state index contributed by atoms with van der Waals surface area (Å²) in [7, 11) is 1.56. The molecule has 0 unspecified atom stereocenters. The van der Waals surface area contributed by atoms with Gasteiger partial charge in [-0.1, -0.05) is 6.07 Å². The maximum Gasteiger partial charge on any atom is 0.311 e. The van der Waals surface area contributed by atoms with Crippen LogP contribution in [0.1, 0.15) is 26.7 Å². The van der Waals surface area contributed by atoms with Crippen LogP contribution in [0.3, 0.4) is 0 Å². The number of rotatable bonds is 8. The lowest BCUT2D eigenvalue weighted by molar-refractivity contribution is -0.141. The molecule has 0 radical (unpaired) electrons. The van der Waals surface area contributed by atoms with E-state index in [1.165, 1.54) is 0 Å². The summed E-state index contributed by atoms with van der Waals surface area (Å²) in [5, 5.41) is 0. The fraction of sp³-hybridized carbons (Fsp3) is 0.438. The van der Waals surface area contributed by atoms with Gasteiger partial charge >= 0.3 is 11.9 Å². The summed E-state index contributed by atoms with van der Waals surface area (Å²) in [5.41, 5.74) is 0.994. The van der Waals surface area contributed by atoms with Crippen molar-refractivity contribution >= 4 is 23.3 Å². The topological polar surface area (TPSA) is 74.2 Å². The molecule has 0 fully saturated rings. The van der Waals surface area contributed by atoms with Crippen molar-refractivity contribution in [3.63, 3.8) is 0 Å². The molecule has 0 saturated carbocycles. The second-order valence-electron chi connectivity index (χ2n) is 4.34. The number of aliphatic imine (C=N–C) groups is 1. The summed E-state index contributed by atoms with van der Waals surface area (Å²) in [4.78, 5) is 27.6. The zero-order chi connectivity index (χ0) is 16.4. The Labute approximate surface area is 130 Å². The van der Waals surface area contributed by atoms with Gasteiger partial charge in [0.2, 0.25) is 0 Å². The number of ether oxygens (including phenoxy) is 3. The van der Waals surface area contributed by atoms with Crippen molar-refractivity contribution in [1.29, 1.82) is 0 Å². The minimum absolute atomic E-state index is 0.0517. The van der Waals surface area contributed by atoms with Gasteiger partial charge in [0.05, 0.1) is 38.9 Å². The number of carbonyl (C=O) groups excluding carboxylic acids is 2. The minimum atomic E-state index is -0.423. The quantitative estimate of drug-likeness (QED) is 0.545. The third kappa shape index (κ3) is 6.39. The second-order valence-corrected chi connectivity index (χ2v) is 4.34. The van der Waals surface area contributed by atoms with Crippen LogP contribution in [0.15, 0.2) is 29.3 Å². The molecule has 1 rings (SSSR count). The van der Waals surface area contributed by atoms with Gasteiger partial charge in [-0.2, -0.15) is 0 Å². The first-order valence-corrected chi connectivity index (χ1v) is 7.10. The van der Waals surface area contributed by atoms with Gasteiger partial charge in [0.1, 0.15) is 5.75 Å². The largest absolute Gasteiger partial charge is 0.497 e. The van der Waals surface area contributed by atoms with Crippen molar-refractivity contribution in [2.45, 2.75) is 26.7 Å². The first kappa shape index (κ1) is 17.7. The van der Waals surface area contributed by atoms with Gasteiger partial charge in [0, 0.05) is 11.8 Å². The zero-order valence-corrected chi connectivity index (χ0v) is 13.1. The molecule has 0 N–H and O–H groups in total. The van der Waals surface area contributed by atoms with E-state index in [9.17, 15) is 9.59 Å². The Kier molecular flexibility index (Phi) is 7.67. The Morgan fingerprint density at radius 3 is 2.14 bits per heavy atom. The molecule has 6 heteroatoms. The van der Waals surface area contributed by atoms with E-state index in [2.05, 4.69) is 4.99 Å². The number of hydrogen-bond donors (Lipinski definition) is 0. The molecule has 0 aromatic heterocycles. The average molecular weight is 307 g/mol. The molecule has 1 aromatic carbocycles. The SMILES string of the molecule is CCOC(=O)CC(CC(=O)OCC)=Nc1cccc(OC)c1. The van der Waals surface area contributed by atoms with Gasteiger partial charge < -0.3 is 14.2 Å². The first-order chi connectivity index (χ1) is 10.6. The fourth-order valence-corrected chi connectivity index (χ4v) is 1.76. The summed E-state index contributed by atoms with van der Waals surface area (Å²) < 4.78 is 14.9. The lowest BCUT2D eigenvalue weighted by Crippen LogP contribution is -2.16. The molecule has 22 heavy (non-hydrogen) atoms. The molecule has 0 aliphatic rings. The maximum absolute atomic E-state index is 11.6. The molecule has 0 atom stereocenters. The minimum Gasteiger partial charge on any atom is -0.497 e. The number of carbonyl (C=O) groups is 2. The number of benzene rings is 1. The van der Waals surface area contributed by atoms with Gasteiger partial charge in [-0.25, -0.2) is 0 Å². The average Bonchev–Trinajstić information content (AvgIpc) is 2.47. The number of nitrogens with zero attached hydrogens (tertiary/aromatic N) is 1. The molecular weight excluding hydrogens is 286 g/mol. The van der Waals surface area contributed by atoms with Crippen molar-refractivity contribution in [2.75, 3.05) is 20.3 Å². The lowest BCUT2D eigenvalue weighted by atomic mass is 10.2. The predicted octanol–water partition coefficient (Wildman–Crippen LogP) is 2.67. The molecule has 0 bridgehead atoms. The smallest absolute Gasteiger partial charge is 0.311 e. The van der Waals surface area contributed by atoms with Crippen LogP contribution in [0.25, 0.3) is 0 Å². The van der Waals surface area contributed by atoms with Gasteiger partial charge in [-0.05, 0) is 26.0 Å². The van der Waals surface area contributed by atoms with E-state index in [1.807, 2.05) is 0 Å². The van der Waals surface area contributed by atoms with Crippen molar-refractivity contribution in [1.82, 2.24) is 0 Å². The van der Waals surface area contributed by atoms with Crippen LogP contribution >= 0.6 is 0 Å². The highest BCUT2D eigenvalue weighted by Gasteiger charge is 2.14. The Morgan fingerprint density at radius 2 is 1.64 bits per heavy atom. The highest BCUT2D eigenvalue weighted by molar-refractivity contribution is 6.07. The van der Waals surface area contributed by atoms with E-state index < -0.39 is 11.9 Å². The van der Waals surface area contributed by atoms with Gasteiger partial charge in [0.25, 0.3) is 0 Å². The molecule has 0 aliphatic carbocycles. The number of esters is 2. The zero-order valence-electron chi connectivity index (χ0n) is 13.1. The summed E-state index contributed by atoms with van der Waals surface area (Å²) in [6.07, 6.45) is -0.103. The highest BCUT2D eigenvalue weighted by Crippen LogP contribution is 2.20. The standard InChI is InChI=1S/C16H21NO5/c1-4-21-15(18)10-13(11-16(19)22-5-2)17-12-7-6-8-14(9-12)20-3/h6-9H,4-5,10-11H2,1-3H3. The molecule has 0 heterocycles. The van der Waals surface area contributed by atoms with Gasteiger partial charge in [-0.15, -0.1) is 0 Å². The fourth-order valence-electron chi connectivity index (χ4n) is 1.76. The number of hydrogen-bond acceptors (Lipinski definition) is 6. The molecule has 0 aliphatic heterocycles. The third-order valence-electron chi connectivity index (χ3n) is 2.65. The molecular formula is C16H21NO5. The van der Waals surface area contributed by atoms with Crippen LogP contribution in [-0.4, -0.2) is 38.0 Å². The Bertz CT molecular complexity index is 517. The van der Waals surface area contributed by atoms with Crippen LogP contribution < -0.4 is 4.74 Å². The van der Waals surface area contributed by atoms with E-state index in [0.717, 1.165) is 0 Å². The lowest BCUT2D eigenvalue weighted by Gasteiger charge is -2.07. The molecule has 0 spiro atoms. The van der Waals surface area contributed by atoms with Gasteiger partial charge in [0.15, 0.2) is 0 Å². The molecule has 6 nitrogen and oxygen atoms in total. The normalized spacial score (nSPS) is 9.77. The first-order valence-electron chi connectivity index (χ1n) is 7.10. The predicted molar refractivity (Wildman–Crippen MR) is 82.6 cm³/mol. The van der Waals surface area contributed by atoms with E-state index in [-0.39, 0.29) is 26.1 Å². The summed E-state index contributed by atoms with van der Waals surface area (Å²) in [6, 6.07) is 7.05. The van der Waals surface area contributed by atoms with Crippen LogP contribution in [-0.2, 0) is 19.1 Å². The van der Waals surface area contributed by atoms with E-state index in [0.29, 0.717) is 17.1 Å². The van der Waals surface area contributed by atoms with Crippen LogP contribution in [0.5, 0.6) is 5.75 Å². The Morgan fingerprint density at radius 1 is 1.05 bits per heavy atom. The second kappa shape index (κ2) is 9.55. The third-order valence-corrected chi connectivity index (χ3v) is 2.65.